The minimum absolute atomic E-state index is 0.392. The number of hydrogen-bond acceptors (Lipinski definition) is 8. The fraction of sp³-hybridized carbons (Fsp3) is 0.321. The molecule has 1 N–H and O–H groups in total. The van der Waals surface area contributed by atoms with Gasteiger partial charge in [-0.1, -0.05) is 72.3 Å². The Labute approximate surface area is 222 Å². The number of aliphatic hydroxyl groups is 1. The van der Waals surface area contributed by atoms with Gasteiger partial charge in [0.05, 0.1) is 25.3 Å². The smallest absolute Gasteiger partial charge is 0.332 e. The molecule has 0 bridgehead atoms. The van der Waals surface area contributed by atoms with E-state index in [1.807, 2.05) is 60.7 Å². The van der Waals surface area contributed by atoms with Gasteiger partial charge in [-0.2, -0.15) is 0 Å². The van der Waals surface area contributed by atoms with Crippen LogP contribution in [0.15, 0.2) is 72.8 Å². The van der Waals surface area contributed by atoms with Crippen molar-refractivity contribution in [3.8, 4) is 17.2 Å². The van der Waals surface area contributed by atoms with Crippen LogP contribution in [0.4, 0.5) is 0 Å². The second-order valence-electron chi connectivity index (χ2n) is 7.47. The summed E-state index contributed by atoms with van der Waals surface area (Å²) in [6, 6.07) is 22.3. The van der Waals surface area contributed by atoms with Crippen molar-refractivity contribution >= 4 is 17.6 Å². The summed E-state index contributed by atoms with van der Waals surface area (Å²) in [5.74, 6) is 0.984. The van der Waals surface area contributed by atoms with E-state index in [9.17, 15) is 4.79 Å². The predicted octanol–water partition coefficient (Wildman–Crippen LogP) is 4.71. The summed E-state index contributed by atoms with van der Waals surface area (Å²) in [7, 11) is 4.78. The second-order valence-corrected chi connectivity index (χ2v) is 7.88. The van der Waals surface area contributed by atoms with Crippen molar-refractivity contribution in [3.05, 3.63) is 88.9 Å². The van der Waals surface area contributed by atoms with Crippen molar-refractivity contribution in [1.82, 2.24) is 0 Å². The number of methoxy groups -OCH3 is 3. The average Bonchev–Trinajstić information content (AvgIpc) is 2.94. The number of ether oxygens (including phenoxy) is 6. The molecular formula is C28H33ClO8. The molecule has 200 valence electrons. The Balaban J connectivity index is 0.000000260. The molecule has 37 heavy (non-hydrogen) atoms. The van der Waals surface area contributed by atoms with Crippen LogP contribution in [-0.4, -0.2) is 65.4 Å². The molecule has 3 rings (SSSR count). The van der Waals surface area contributed by atoms with E-state index in [1.54, 1.807) is 33.5 Å². The maximum Gasteiger partial charge on any atom is 0.332 e. The number of esters is 1. The number of rotatable bonds is 13. The van der Waals surface area contributed by atoms with Gasteiger partial charge in [-0.25, -0.2) is 4.79 Å². The maximum absolute atomic E-state index is 11.3. The molecule has 3 aromatic carbocycles. The van der Waals surface area contributed by atoms with Crippen LogP contribution >= 0.6 is 11.6 Å². The maximum atomic E-state index is 11.3. The highest BCUT2D eigenvalue weighted by atomic mass is 35.5. The van der Waals surface area contributed by atoms with E-state index in [2.05, 4.69) is 0 Å². The SMILES string of the molecule is COCCOc1cc(OC)cc(Cl)c1OCCOC.O=C(CO)OC(c1ccccc1)c1ccccc1. The molecule has 0 saturated carbocycles. The van der Waals surface area contributed by atoms with Crippen LogP contribution in [0.1, 0.15) is 17.2 Å². The lowest BCUT2D eigenvalue weighted by molar-refractivity contribution is -0.150. The second kappa shape index (κ2) is 17.2. The van der Waals surface area contributed by atoms with Gasteiger partial charge < -0.3 is 33.5 Å². The average molecular weight is 533 g/mol. The van der Waals surface area contributed by atoms with Gasteiger partial charge in [-0.05, 0) is 11.1 Å². The monoisotopic (exact) mass is 532 g/mol. The van der Waals surface area contributed by atoms with E-state index in [1.165, 1.54) is 0 Å². The summed E-state index contributed by atoms with van der Waals surface area (Å²) in [4.78, 5) is 11.3. The van der Waals surface area contributed by atoms with Gasteiger partial charge in [0.2, 0.25) is 0 Å². The van der Waals surface area contributed by atoms with Crippen molar-refractivity contribution in [2.24, 2.45) is 0 Å². The van der Waals surface area contributed by atoms with Crippen molar-refractivity contribution in [2.75, 3.05) is 54.4 Å². The van der Waals surface area contributed by atoms with Crippen molar-refractivity contribution in [3.63, 3.8) is 0 Å². The lowest BCUT2D eigenvalue weighted by Gasteiger charge is -2.18. The highest BCUT2D eigenvalue weighted by Gasteiger charge is 2.18. The van der Waals surface area contributed by atoms with Crippen molar-refractivity contribution in [2.45, 2.75) is 6.10 Å². The summed E-state index contributed by atoms with van der Waals surface area (Å²) < 4.78 is 31.4. The summed E-state index contributed by atoms with van der Waals surface area (Å²) in [5.41, 5.74) is 1.76. The first-order valence-electron chi connectivity index (χ1n) is 11.5. The van der Waals surface area contributed by atoms with E-state index in [-0.39, 0.29) is 0 Å². The number of carbonyl (C=O) groups excluding carboxylic acids is 1. The third-order valence-electron chi connectivity index (χ3n) is 4.88. The van der Waals surface area contributed by atoms with E-state index in [4.69, 9.17) is 45.1 Å². The molecule has 0 unspecified atom stereocenters. The molecule has 0 spiro atoms. The van der Waals surface area contributed by atoms with Gasteiger partial charge in [0.25, 0.3) is 0 Å². The number of halogens is 1. The molecule has 0 aliphatic carbocycles. The first-order valence-corrected chi connectivity index (χ1v) is 11.9. The standard InChI is InChI=1S/C15H14O3.C13H19ClO5/c16-11-14(17)18-15(12-7-3-1-4-8-12)13-9-5-2-6-10-13;1-15-4-6-18-12-9-10(17-3)8-11(14)13(12)19-7-5-16-2/h1-10,15-16H,11H2;8-9H,4-7H2,1-3H3. The number of carbonyl (C=O) groups is 1. The largest absolute Gasteiger partial charge is 0.497 e. The van der Waals surface area contributed by atoms with Crippen LogP contribution < -0.4 is 14.2 Å². The van der Waals surface area contributed by atoms with Gasteiger partial charge in [0, 0.05) is 26.4 Å². The van der Waals surface area contributed by atoms with Gasteiger partial charge in [-0.15, -0.1) is 0 Å². The molecule has 0 saturated heterocycles. The molecular weight excluding hydrogens is 500 g/mol. The van der Waals surface area contributed by atoms with Gasteiger partial charge in [0.1, 0.15) is 25.6 Å². The molecule has 0 aliphatic rings. The first kappa shape index (κ1) is 29.9. The van der Waals surface area contributed by atoms with Crippen LogP contribution in [-0.2, 0) is 19.0 Å². The molecule has 0 amide bonds. The van der Waals surface area contributed by atoms with Crippen LogP contribution in [0.5, 0.6) is 17.2 Å². The molecule has 9 heteroatoms. The molecule has 0 aliphatic heterocycles. The van der Waals surface area contributed by atoms with Crippen LogP contribution in [0.25, 0.3) is 0 Å². The van der Waals surface area contributed by atoms with Crippen LogP contribution in [0, 0.1) is 0 Å². The van der Waals surface area contributed by atoms with Crippen LogP contribution in [0.3, 0.4) is 0 Å². The Morgan fingerprint density at radius 3 is 1.84 bits per heavy atom. The third-order valence-corrected chi connectivity index (χ3v) is 5.16. The molecule has 3 aromatic rings. The summed E-state index contributed by atoms with van der Waals surface area (Å²) >= 11 is 6.15. The van der Waals surface area contributed by atoms with Gasteiger partial charge in [-0.3, -0.25) is 0 Å². The van der Waals surface area contributed by atoms with Gasteiger partial charge >= 0.3 is 5.97 Å². The van der Waals surface area contributed by atoms with Crippen molar-refractivity contribution < 1.29 is 38.3 Å². The fourth-order valence-corrected chi connectivity index (χ4v) is 3.38. The van der Waals surface area contributed by atoms with E-state index in [0.717, 1.165) is 11.1 Å². The molecule has 8 nitrogen and oxygen atoms in total. The van der Waals surface area contributed by atoms with Crippen LogP contribution in [0.2, 0.25) is 5.02 Å². The fourth-order valence-electron chi connectivity index (χ4n) is 3.12. The normalized spacial score (nSPS) is 10.3. The Hall–Kier alpha value is -3.30. The predicted molar refractivity (Wildman–Crippen MR) is 141 cm³/mol. The Kier molecular flexibility index (Phi) is 13.9. The molecule has 0 aromatic heterocycles. The van der Waals surface area contributed by atoms with E-state index >= 15 is 0 Å². The van der Waals surface area contributed by atoms with Gasteiger partial charge in [0.15, 0.2) is 17.6 Å². The topological polar surface area (TPSA) is 92.7 Å². The lowest BCUT2D eigenvalue weighted by Crippen LogP contribution is -2.15. The molecule has 0 atom stereocenters. The summed E-state index contributed by atoms with van der Waals surface area (Å²) in [5, 5.41) is 9.24. The molecule has 0 radical (unpaired) electrons. The number of hydrogen-bond donors (Lipinski definition) is 1. The highest BCUT2D eigenvalue weighted by Crippen LogP contribution is 2.39. The zero-order chi connectivity index (χ0) is 26.9. The molecule has 0 heterocycles. The lowest BCUT2D eigenvalue weighted by atomic mass is 10.0. The zero-order valence-corrected chi connectivity index (χ0v) is 22.0. The quantitative estimate of drug-likeness (QED) is 0.250. The van der Waals surface area contributed by atoms with E-state index in [0.29, 0.717) is 48.7 Å². The third kappa shape index (κ3) is 10.3. The first-order chi connectivity index (χ1) is 18.0. The zero-order valence-electron chi connectivity index (χ0n) is 21.2. The Bertz CT molecular complexity index is 1010. The van der Waals surface area contributed by atoms with E-state index < -0.39 is 18.7 Å². The number of benzene rings is 3. The number of aliphatic hydroxyl groups excluding tert-OH is 1. The summed E-state index contributed by atoms with van der Waals surface area (Å²) in [6.07, 6.45) is -0.480. The highest BCUT2D eigenvalue weighted by molar-refractivity contribution is 6.32. The molecule has 0 fully saturated rings. The summed E-state index contributed by atoms with van der Waals surface area (Å²) in [6.45, 7) is 1.13. The Morgan fingerprint density at radius 1 is 0.811 bits per heavy atom. The minimum atomic E-state index is -0.632. The Morgan fingerprint density at radius 2 is 1.35 bits per heavy atom. The van der Waals surface area contributed by atoms with Crippen molar-refractivity contribution in [1.29, 1.82) is 0 Å². The minimum Gasteiger partial charge on any atom is -0.497 e.